The maximum atomic E-state index is 5.12. The van der Waals surface area contributed by atoms with Gasteiger partial charge in [0.15, 0.2) is 0 Å². The molecular weight excluding hydrogens is 232 g/mol. The number of ether oxygens (including phenoxy) is 1. The van der Waals surface area contributed by atoms with E-state index in [0.29, 0.717) is 11.5 Å². The SMILES string of the molecule is CNC1CC(C)(C)Cc2nc(CCOC)sc21. The molecule has 17 heavy (non-hydrogen) atoms. The molecule has 1 aliphatic carbocycles. The highest BCUT2D eigenvalue weighted by molar-refractivity contribution is 7.11. The van der Waals surface area contributed by atoms with Gasteiger partial charge in [-0.05, 0) is 25.3 Å². The number of aromatic nitrogens is 1. The Kier molecular flexibility index (Phi) is 3.85. The number of nitrogens with one attached hydrogen (secondary N) is 1. The fourth-order valence-corrected chi connectivity index (χ4v) is 3.69. The largest absolute Gasteiger partial charge is 0.384 e. The average molecular weight is 254 g/mol. The van der Waals surface area contributed by atoms with E-state index in [9.17, 15) is 0 Å². The Morgan fingerprint density at radius 2 is 2.29 bits per heavy atom. The lowest BCUT2D eigenvalue weighted by atomic mass is 9.76. The molecule has 0 aliphatic heterocycles. The number of methoxy groups -OCH3 is 1. The summed E-state index contributed by atoms with van der Waals surface area (Å²) < 4.78 is 5.12. The van der Waals surface area contributed by atoms with E-state index in [0.717, 1.165) is 19.4 Å². The van der Waals surface area contributed by atoms with E-state index in [2.05, 4.69) is 19.2 Å². The molecule has 4 heteroatoms. The number of hydrogen-bond donors (Lipinski definition) is 1. The Balaban J connectivity index is 2.23. The van der Waals surface area contributed by atoms with Crippen molar-refractivity contribution in [1.29, 1.82) is 0 Å². The predicted molar refractivity (Wildman–Crippen MR) is 71.6 cm³/mol. The van der Waals surface area contributed by atoms with Gasteiger partial charge in [0.1, 0.15) is 0 Å². The molecular formula is C13H22N2OS. The summed E-state index contributed by atoms with van der Waals surface area (Å²) in [7, 11) is 3.79. The standard InChI is InChI=1S/C13H22N2OS/c1-13(2)7-9(14-3)12-10(8-13)15-11(17-12)5-6-16-4/h9,14H,5-8H2,1-4H3. The Morgan fingerprint density at radius 3 is 2.94 bits per heavy atom. The fraction of sp³-hybridized carbons (Fsp3) is 0.769. The van der Waals surface area contributed by atoms with Gasteiger partial charge in [0.2, 0.25) is 0 Å². The number of hydrogen-bond acceptors (Lipinski definition) is 4. The first-order valence-corrected chi connectivity index (χ1v) is 7.02. The van der Waals surface area contributed by atoms with Crippen molar-refractivity contribution in [2.75, 3.05) is 20.8 Å². The summed E-state index contributed by atoms with van der Waals surface area (Å²) >= 11 is 1.86. The molecule has 3 nitrogen and oxygen atoms in total. The zero-order valence-electron chi connectivity index (χ0n) is 11.2. The van der Waals surface area contributed by atoms with Gasteiger partial charge < -0.3 is 10.1 Å². The topological polar surface area (TPSA) is 34.2 Å². The first kappa shape index (κ1) is 13.0. The lowest BCUT2D eigenvalue weighted by Crippen LogP contribution is -2.30. The summed E-state index contributed by atoms with van der Waals surface area (Å²) in [6.45, 7) is 5.42. The summed E-state index contributed by atoms with van der Waals surface area (Å²) in [5.74, 6) is 0. The zero-order chi connectivity index (χ0) is 12.5. The Labute approximate surface area is 108 Å². The molecule has 0 amide bonds. The van der Waals surface area contributed by atoms with Crippen LogP contribution in [0.2, 0.25) is 0 Å². The predicted octanol–water partition coefficient (Wildman–Crippen LogP) is 2.56. The molecule has 0 aromatic carbocycles. The van der Waals surface area contributed by atoms with E-state index >= 15 is 0 Å². The third-order valence-corrected chi connectivity index (χ3v) is 4.63. The summed E-state index contributed by atoms with van der Waals surface area (Å²) in [6, 6.07) is 0.475. The smallest absolute Gasteiger partial charge is 0.0954 e. The molecule has 2 rings (SSSR count). The monoisotopic (exact) mass is 254 g/mol. The molecule has 0 saturated carbocycles. The minimum atomic E-state index is 0.354. The molecule has 0 saturated heterocycles. The van der Waals surface area contributed by atoms with Gasteiger partial charge in [0.05, 0.1) is 17.3 Å². The Morgan fingerprint density at radius 1 is 1.53 bits per heavy atom. The lowest BCUT2D eigenvalue weighted by molar-refractivity contribution is 0.202. The van der Waals surface area contributed by atoms with Gasteiger partial charge in [0.25, 0.3) is 0 Å². The summed E-state index contributed by atoms with van der Waals surface area (Å²) in [4.78, 5) is 6.22. The van der Waals surface area contributed by atoms with E-state index < -0.39 is 0 Å². The van der Waals surface area contributed by atoms with Gasteiger partial charge in [-0.25, -0.2) is 4.98 Å². The molecule has 1 unspecified atom stereocenters. The molecule has 0 fully saturated rings. The molecule has 0 spiro atoms. The van der Waals surface area contributed by atoms with Gasteiger partial charge in [0, 0.05) is 24.4 Å². The van der Waals surface area contributed by atoms with E-state index in [1.807, 2.05) is 18.4 Å². The molecule has 1 N–H and O–H groups in total. The van der Waals surface area contributed by atoms with Crippen molar-refractivity contribution in [3.8, 4) is 0 Å². The van der Waals surface area contributed by atoms with Crippen LogP contribution in [0.25, 0.3) is 0 Å². The summed E-state index contributed by atoms with van der Waals surface area (Å²) in [5.41, 5.74) is 1.66. The molecule has 1 atom stereocenters. The lowest BCUT2D eigenvalue weighted by Gasteiger charge is -2.34. The number of rotatable bonds is 4. The van der Waals surface area contributed by atoms with E-state index in [-0.39, 0.29) is 0 Å². The first-order chi connectivity index (χ1) is 8.05. The average Bonchev–Trinajstić information content (AvgIpc) is 2.66. The van der Waals surface area contributed by atoms with Crippen molar-refractivity contribution in [2.24, 2.45) is 5.41 Å². The molecule has 0 radical (unpaired) electrons. The van der Waals surface area contributed by atoms with Crippen molar-refractivity contribution in [3.63, 3.8) is 0 Å². The van der Waals surface area contributed by atoms with Gasteiger partial charge in [-0.15, -0.1) is 11.3 Å². The molecule has 1 heterocycles. The second kappa shape index (κ2) is 5.04. The third-order valence-electron chi connectivity index (χ3n) is 3.36. The van der Waals surface area contributed by atoms with Crippen LogP contribution in [0.4, 0.5) is 0 Å². The number of nitrogens with zero attached hydrogens (tertiary/aromatic N) is 1. The van der Waals surface area contributed by atoms with Crippen LogP contribution in [0, 0.1) is 5.41 Å². The van der Waals surface area contributed by atoms with Crippen LogP contribution in [-0.4, -0.2) is 25.7 Å². The zero-order valence-corrected chi connectivity index (χ0v) is 12.0. The number of thiazole rings is 1. The minimum absolute atomic E-state index is 0.354. The maximum Gasteiger partial charge on any atom is 0.0954 e. The summed E-state index contributed by atoms with van der Waals surface area (Å²) in [5, 5.41) is 4.64. The van der Waals surface area contributed by atoms with Crippen LogP contribution in [0.1, 0.15) is 41.9 Å². The van der Waals surface area contributed by atoms with Crippen molar-refractivity contribution in [1.82, 2.24) is 10.3 Å². The van der Waals surface area contributed by atoms with E-state index in [4.69, 9.17) is 9.72 Å². The summed E-state index contributed by atoms with van der Waals surface area (Å²) in [6.07, 6.45) is 3.23. The molecule has 0 bridgehead atoms. The van der Waals surface area contributed by atoms with Crippen LogP contribution in [0.5, 0.6) is 0 Å². The highest BCUT2D eigenvalue weighted by Crippen LogP contribution is 2.42. The quantitative estimate of drug-likeness (QED) is 0.896. The molecule has 1 aromatic rings. The van der Waals surface area contributed by atoms with Gasteiger partial charge in [-0.3, -0.25) is 0 Å². The van der Waals surface area contributed by atoms with Crippen molar-refractivity contribution < 1.29 is 4.74 Å². The van der Waals surface area contributed by atoms with E-state index in [1.54, 1.807) is 7.11 Å². The first-order valence-electron chi connectivity index (χ1n) is 6.20. The van der Waals surface area contributed by atoms with Crippen molar-refractivity contribution in [2.45, 2.75) is 39.2 Å². The minimum Gasteiger partial charge on any atom is -0.384 e. The molecule has 96 valence electrons. The van der Waals surface area contributed by atoms with Crippen molar-refractivity contribution in [3.05, 3.63) is 15.6 Å². The maximum absolute atomic E-state index is 5.12. The molecule has 1 aromatic heterocycles. The normalized spacial score (nSPS) is 22.5. The van der Waals surface area contributed by atoms with Crippen LogP contribution >= 0.6 is 11.3 Å². The second-order valence-corrected chi connectivity index (χ2v) is 6.66. The van der Waals surface area contributed by atoms with E-state index in [1.165, 1.54) is 22.0 Å². The van der Waals surface area contributed by atoms with Crippen LogP contribution < -0.4 is 5.32 Å². The Bertz CT molecular complexity index is 387. The van der Waals surface area contributed by atoms with Crippen LogP contribution in [-0.2, 0) is 17.6 Å². The van der Waals surface area contributed by atoms with Gasteiger partial charge in [-0.1, -0.05) is 13.8 Å². The second-order valence-electron chi connectivity index (χ2n) is 5.55. The third kappa shape index (κ3) is 2.87. The highest BCUT2D eigenvalue weighted by Gasteiger charge is 2.34. The van der Waals surface area contributed by atoms with Crippen molar-refractivity contribution >= 4 is 11.3 Å². The van der Waals surface area contributed by atoms with Crippen LogP contribution in [0.15, 0.2) is 0 Å². The fourth-order valence-electron chi connectivity index (χ4n) is 2.51. The Hall–Kier alpha value is -0.450. The number of fused-ring (bicyclic) bond motifs is 1. The molecule has 1 aliphatic rings. The van der Waals surface area contributed by atoms with Gasteiger partial charge >= 0.3 is 0 Å². The highest BCUT2D eigenvalue weighted by atomic mass is 32.1. The van der Waals surface area contributed by atoms with Crippen LogP contribution in [0.3, 0.4) is 0 Å². The van der Waals surface area contributed by atoms with Gasteiger partial charge in [-0.2, -0.15) is 0 Å².